The number of benzene rings is 1. The second-order valence-electron chi connectivity index (χ2n) is 5.46. The van der Waals surface area contributed by atoms with Gasteiger partial charge in [-0.1, -0.05) is 29.3 Å². The average molecular weight is 253 g/mol. The van der Waals surface area contributed by atoms with E-state index in [1.54, 1.807) is 0 Å². The Bertz CT molecular complexity index is 360. The van der Waals surface area contributed by atoms with Crippen LogP contribution in [0.5, 0.6) is 0 Å². The molecular weight excluding hydrogens is 232 g/mol. The van der Waals surface area contributed by atoms with E-state index in [1.165, 1.54) is 23.1 Å². The molecule has 1 aliphatic rings. The van der Waals surface area contributed by atoms with Gasteiger partial charge in [-0.15, -0.1) is 11.6 Å². The molecule has 1 atom stereocenters. The van der Waals surface area contributed by atoms with Gasteiger partial charge >= 0.3 is 0 Å². The van der Waals surface area contributed by atoms with Crippen LogP contribution in [-0.2, 0) is 11.2 Å². The van der Waals surface area contributed by atoms with Crippen LogP contribution in [0.3, 0.4) is 0 Å². The topological polar surface area (TPSA) is 9.23 Å². The summed E-state index contributed by atoms with van der Waals surface area (Å²) in [6.45, 7) is 6.01. The van der Waals surface area contributed by atoms with Gasteiger partial charge in [-0.2, -0.15) is 0 Å². The minimum Gasteiger partial charge on any atom is -0.381 e. The van der Waals surface area contributed by atoms with Crippen molar-refractivity contribution >= 4 is 11.6 Å². The van der Waals surface area contributed by atoms with Gasteiger partial charge in [-0.25, -0.2) is 0 Å². The highest BCUT2D eigenvalue weighted by Crippen LogP contribution is 2.34. The van der Waals surface area contributed by atoms with Crippen LogP contribution in [-0.4, -0.2) is 19.1 Å². The molecule has 0 aromatic heterocycles. The summed E-state index contributed by atoms with van der Waals surface area (Å²) in [4.78, 5) is 0. The van der Waals surface area contributed by atoms with Crippen molar-refractivity contribution in [2.75, 3.05) is 19.1 Å². The number of hydrogen-bond donors (Lipinski definition) is 0. The summed E-state index contributed by atoms with van der Waals surface area (Å²) in [6, 6.07) is 6.76. The van der Waals surface area contributed by atoms with Crippen LogP contribution < -0.4 is 0 Å². The molecule has 1 fully saturated rings. The van der Waals surface area contributed by atoms with Crippen molar-refractivity contribution < 1.29 is 4.74 Å². The van der Waals surface area contributed by atoms with E-state index in [4.69, 9.17) is 16.3 Å². The molecule has 1 unspecified atom stereocenters. The maximum absolute atomic E-state index is 6.19. The van der Waals surface area contributed by atoms with E-state index in [-0.39, 0.29) is 5.41 Å². The third-order valence-electron chi connectivity index (χ3n) is 3.55. The summed E-state index contributed by atoms with van der Waals surface area (Å²) in [5.74, 6) is 0.694. The van der Waals surface area contributed by atoms with E-state index in [0.29, 0.717) is 5.88 Å². The van der Waals surface area contributed by atoms with Crippen LogP contribution in [0.25, 0.3) is 0 Å². The third-order valence-corrected chi connectivity index (χ3v) is 4.12. The summed E-state index contributed by atoms with van der Waals surface area (Å²) in [7, 11) is 0. The van der Waals surface area contributed by atoms with Crippen molar-refractivity contribution in [2.45, 2.75) is 33.1 Å². The second kappa shape index (κ2) is 5.41. The number of rotatable bonds is 3. The summed E-state index contributed by atoms with van der Waals surface area (Å²) in [5, 5.41) is 0. The summed E-state index contributed by atoms with van der Waals surface area (Å²) in [5.41, 5.74) is 4.22. The van der Waals surface area contributed by atoms with Gasteiger partial charge in [0.25, 0.3) is 0 Å². The number of ether oxygens (including phenoxy) is 1. The lowest BCUT2D eigenvalue weighted by molar-refractivity contribution is 0.00476. The first kappa shape index (κ1) is 12.9. The zero-order valence-corrected chi connectivity index (χ0v) is 11.5. The molecule has 0 bridgehead atoms. The molecule has 1 aliphatic heterocycles. The molecule has 0 saturated carbocycles. The van der Waals surface area contributed by atoms with Gasteiger partial charge in [0, 0.05) is 17.9 Å². The molecule has 1 aromatic carbocycles. The number of alkyl halides is 1. The first-order valence-corrected chi connectivity index (χ1v) is 6.88. The van der Waals surface area contributed by atoms with Crippen molar-refractivity contribution in [3.8, 4) is 0 Å². The molecule has 1 nitrogen and oxygen atoms in total. The van der Waals surface area contributed by atoms with E-state index in [9.17, 15) is 0 Å². The molecule has 17 heavy (non-hydrogen) atoms. The summed E-state index contributed by atoms with van der Waals surface area (Å²) in [6.07, 6.45) is 3.36. The molecule has 2 heteroatoms. The molecule has 1 heterocycles. The summed E-state index contributed by atoms with van der Waals surface area (Å²) >= 11 is 6.19. The van der Waals surface area contributed by atoms with Crippen LogP contribution >= 0.6 is 11.6 Å². The fourth-order valence-corrected chi connectivity index (χ4v) is 3.11. The first-order valence-electron chi connectivity index (χ1n) is 6.34. The minimum absolute atomic E-state index is 0.153. The molecular formula is C15H21ClO. The highest BCUT2D eigenvalue weighted by Gasteiger charge is 2.32. The van der Waals surface area contributed by atoms with Crippen molar-refractivity contribution in [3.63, 3.8) is 0 Å². The Hall–Kier alpha value is -0.530. The van der Waals surface area contributed by atoms with Crippen molar-refractivity contribution in [2.24, 2.45) is 5.41 Å². The SMILES string of the molecule is Cc1cc(C)cc(CC2(CCl)CCCOC2)c1. The standard InChI is InChI=1S/C15H21ClO/c1-12-6-13(2)8-14(7-12)9-15(10-16)4-3-5-17-11-15/h6-8H,3-5,9-11H2,1-2H3. The van der Waals surface area contributed by atoms with Crippen LogP contribution in [0.2, 0.25) is 0 Å². The molecule has 0 spiro atoms. The Balaban J connectivity index is 2.17. The van der Waals surface area contributed by atoms with Crippen LogP contribution in [0.15, 0.2) is 18.2 Å². The predicted molar refractivity (Wildman–Crippen MR) is 72.8 cm³/mol. The lowest BCUT2D eigenvalue weighted by atomic mass is 9.78. The number of hydrogen-bond acceptors (Lipinski definition) is 1. The second-order valence-corrected chi connectivity index (χ2v) is 5.73. The Morgan fingerprint density at radius 2 is 1.94 bits per heavy atom. The van der Waals surface area contributed by atoms with Gasteiger partial charge in [0.15, 0.2) is 0 Å². The quantitative estimate of drug-likeness (QED) is 0.742. The first-order chi connectivity index (χ1) is 8.13. The Kier molecular flexibility index (Phi) is 4.11. The van der Waals surface area contributed by atoms with Gasteiger partial charge < -0.3 is 4.74 Å². The van der Waals surface area contributed by atoms with Crippen molar-refractivity contribution in [3.05, 3.63) is 34.9 Å². The highest BCUT2D eigenvalue weighted by molar-refractivity contribution is 6.18. The lowest BCUT2D eigenvalue weighted by Gasteiger charge is -2.35. The molecule has 1 saturated heterocycles. The molecule has 0 radical (unpaired) electrons. The van der Waals surface area contributed by atoms with Gasteiger partial charge in [0.2, 0.25) is 0 Å². The molecule has 0 amide bonds. The molecule has 94 valence electrons. The van der Waals surface area contributed by atoms with Gasteiger partial charge in [0.05, 0.1) is 6.61 Å². The van der Waals surface area contributed by atoms with Crippen molar-refractivity contribution in [1.82, 2.24) is 0 Å². The monoisotopic (exact) mass is 252 g/mol. The van der Waals surface area contributed by atoms with E-state index in [1.807, 2.05) is 0 Å². The molecule has 1 aromatic rings. The number of halogens is 1. The fourth-order valence-electron chi connectivity index (χ4n) is 2.81. The smallest absolute Gasteiger partial charge is 0.0537 e. The average Bonchev–Trinajstić information content (AvgIpc) is 2.29. The molecule has 0 aliphatic carbocycles. The maximum Gasteiger partial charge on any atom is 0.0537 e. The molecule has 0 N–H and O–H groups in total. The Labute approximate surface area is 109 Å². The minimum atomic E-state index is 0.153. The molecule has 2 rings (SSSR count). The van der Waals surface area contributed by atoms with E-state index < -0.39 is 0 Å². The normalized spacial score (nSPS) is 24.9. The highest BCUT2D eigenvalue weighted by atomic mass is 35.5. The zero-order valence-electron chi connectivity index (χ0n) is 10.8. The van der Waals surface area contributed by atoms with Crippen molar-refractivity contribution in [1.29, 1.82) is 0 Å². The van der Waals surface area contributed by atoms with Gasteiger partial charge in [0.1, 0.15) is 0 Å². The van der Waals surface area contributed by atoms with Crippen LogP contribution in [0.1, 0.15) is 29.5 Å². The van der Waals surface area contributed by atoms with Crippen LogP contribution in [0, 0.1) is 19.3 Å². The van der Waals surface area contributed by atoms with E-state index in [2.05, 4.69) is 32.0 Å². The van der Waals surface area contributed by atoms with Crippen LogP contribution in [0.4, 0.5) is 0 Å². The van der Waals surface area contributed by atoms with Gasteiger partial charge in [-0.05, 0) is 38.7 Å². The number of aryl methyl sites for hydroxylation is 2. The predicted octanol–water partition coefficient (Wildman–Crippen LogP) is 3.88. The summed E-state index contributed by atoms with van der Waals surface area (Å²) < 4.78 is 5.62. The maximum atomic E-state index is 6.19. The third kappa shape index (κ3) is 3.23. The largest absolute Gasteiger partial charge is 0.381 e. The Morgan fingerprint density at radius 1 is 1.24 bits per heavy atom. The van der Waals surface area contributed by atoms with E-state index in [0.717, 1.165) is 26.1 Å². The fraction of sp³-hybridized carbons (Fsp3) is 0.600. The van der Waals surface area contributed by atoms with Gasteiger partial charge in [-0.3, -0.25) is 0 Å². The lowest BCUT2D eigenvalue weighted by Crippen LogP contribution is -2.35. The Morgan fingerprint density at radius 3 is 2.47 bits per heavy atom. The zero-order chi connectivity index (χ0) is 12.3. The van der Waals surface area contributed by atoms with E-state index >= 15 is 0 Å².